The molecule has 12 heteroatoms. The van der Waals surface area contributed by atoms with E-state index in [1.165, 1.54) is 0 Å². The second kappa shape index (κ2) is 9.10. The lowest BCUT2D eigenvalue weighted by Crippen LogP contribution is -2.43. The number of hydrogen-bond donors (Lipinski definition) is 1. The maximum atomic E-state index is 13.9. The molecule has 3 rings (SSSR count). The van der Waals surface area contributed by atoms with Gasteiger partial charge in [-0.2, -0.15) is 17.5 Å². The van der Waals surface area contributed by atoms with Gasteiger partial charge in [0.2, 0.25) is 15.9 Å². The van der Waals surface area contributed by atoms with Crippen molar-refractivity contribution >= 4 is 15.9 Å². The predicted molar refractivity (Wildman–Crippen MR) is 101 cm³/mol. The molecule has 0 saturated carbocycles. The Kier molecular flexibility index (Phi) is 6.84. The molecule has 1 heterocycles. The van der Waals surface area contributed by atoms with Crippen LogP contribution >= 0.6 is 0 Å². The number of carbonyl (C=O) groups is 1. The van der Waals surface area contributed by atoms with Crippen LogP contribution in [0.5, 0.6) is 0 Å². The van der Waals surface area contributed by atoms with E-state index in [9.17, 15) is 39.6 Å². The van der Waals surface area contributed by atoms with E-state index in [2.05, 4.69) is 5.32 Å². The highest BCUT2D eigenvalue weighted by molar-refractivity contribution is 7.89. The molecule has 2 aromatic rings. The Morgan fingerprint density at radius 3 is 2.22 bits per heavy atom. The summed E-state index contributed by atoms with van der Waals surface area (Å²) in [6, 6.07) is 4.19. The number of piperidine rings is 1. The fraction of sp³-hybridized carbons (Fsp3) is 0.350. The Morgan fingerprint density at radius 1 is 1.00 bits per heavy atom. The zero-order valence-corrected chi connectivity index (χ0v) is 17.2. The summed E-state index contributed by atoms with van der Waals surface area (Å²) in [6.45, 7) is -0.789. The average molecular weight is 480 g/mol. The van der Waals surface area contributed by atoms with Crippen LogP contribution in [-0.4, -0.2) is 31.7 Å². The lowest BCUT2D eigenvalue weighted by Gasteiger charge is -2.30. The van der Waals surface area contributed by atoms with Gasteiger partial charge in [0.25, 0.3) is 0 Å². The van der Waals surface area contributed by atoms with Crippen LogP contribution in [0.15, 0.2) is 41.3 Å². The van der Waals surface area contributed by atoms with Gasteiger partial charge in [-0.1, -0.05) is 6.07 Å². The molecule has 1 aliphatic rings. The summed E-state index contributed by atoms with van der Waals surface area (Å²) in [6.07, 6.45) is -4.72. The number of benzene rings is 2. The van der Waals surface area contributed by atoms with Gasteiger partial charge >= 0.3 is 6.18 Å². The van der Waals surface area contributed by atoms with Crippen molar-refractivity contribution in [1.29, 1.82) is 0 Å². The molecule has 1 aliphatic heterocycles. The summed E-state index contributed by atoms with van der Waals surface area (Å²) in [7, 11) is -4.32. The Morgan fingerprint density at radius 2 is 1.59 bits per heavy atom. The van der Waals surface area contributed by atoms with Crippen molar-refractivity contribution in [3.8, 4) is 0 Å². The van der Waals surface area contributed by atoms with Crippen molar-refractivity contribution in [3.05, 3.63) is 65.0 Å². The number of nitrogens with zero attached hydrogens (tertiary/aromatic N) is 1. The highest BCUT2D eigenvalue weighted by atomic mass is 32.2. The quantitative estimate of drug-likeness (QED) is 0.662. The van der Waals surface area contributed by atoms with Crippen molar-refractivity contribution in [2.24, 2.45) is 5.92 Å². The van der Waals surface area contributed by atoms with Gasteiger partial charge < -0.3 is 5.32 Å². The average Bonchev–Trinajstić information content (AvgIpc) is 2.73. The number of carbonyl (C=O) groups excluding carboxylic acids is 1. The third-order valence-corrected chi connectivity index (χ3v) is 7.08. The molecule has 0 spiro atoms. The predicted octanol–water partition coefficient (Wildman–Crippen LogP) is 3.84. The van der Waals surface area contributed by atoms with Gasteiger partial charge in [0.05, 0.1) is 5.56 Å². The molecule has 2 aromatic carbocycles. The van der Waals surface area contributed by atoms with Crippen molar-refractivity contribution in [2.75, 3.05) is 13.1 Å². The minimum absolute atomic E-state index is 0.0392. The molecule has 1 saturated heterocycles. The van der Waals surface area contributed by atoms with Crippen LogP contribution in [-0.2, 0) is 27.5 Å². The van der Waals surface area contributed by atoms with Gasteiger partial charge in [-0.15, -0.1) is 0 Å². The summed E-state index contributed by atoms with van der Waals surface area (Å²) < 4.78 is 106. The molecule has 174 valence electrons. The molecule has 0 bridgehead atoms. The summed E-state index contributed by atoms with van der Waals surface area (Å²) in [5.74, 6) is -4.36. The van der Waals surface area contributed by atoms with E-state index in [1.54, 1.807) is 0 Å². The fourth-order valence-corrected chi connectivity index (χ4v) is 5.01. The molecule has 32 heavy (non-hydrogen) atoms. The van der Waals surface area contributed by atoms with E-state index < -0.39 is 62.5 Å². The standard InChI is InChI=1S/C20H18F6N2O3S/c21-14-2-1-13(16(9-14)20(24,25)26)11-27-19(29)12-5-7-28(8-6-12)32(30,31)18-10-15(22)3-4-17(18)23/h1-4,9-10,12H,5-8,11H2,(H,27,29). The van der Waals surface area contributed by atoms with E-state index in [0.29, 0.717) is 18.2 Å². The smallest absolute Gasteiger partial charge is 0.352 e. The maximum Gasteiger partial charge on any atom is 0.416 e. The van der Waals surface area contributed by atoms with Crippen LogP contribution in [0, 0.1) is 23.4 Å². The van der Waals surface area contributed by atoms with Gasteiger partial charge in [-0.05, 0) is 48.7 Å². The zero-order chi connectivity index (χ0) is 23.7. The normalized spacial score (nSPS) is 16.2. The molecular weight excluding hydrogens is 462 g/mol. The molecular formula is C20H18F6N2O3S. The Bertz CT molecular complexity index is 1110. The first-order valence-electron chi connectivity index (χ1n) is 9.48. The number of sulfonamides is 1. The molecule has 0 aliphatic carbocycles. The Balaban J connectivity index is 1.63. The number of rotatable bonds is 5. The van der Waals surface area contributed by atoms with Crippen molar-refractivity contribution < 1.29 is 39.6 Å². The van der Waals surface area contributed by atoms with Crippen molar-refractivity contribution in [2.45, 2.75) is 30.5 Å². The Labute approximate surface area is 180 Å². The van der Waals surface area contributed by atoms with Gasteiger partial charge in [-0.25, -0.2) is 21.6 Å². The number of hydrogen-bond acceptors (Lipinski definition) is 3. The van der Waals surface area contributed by atoms with Crippen LogP contribution in [0.4, 0.5) is 26.3 Å². The molecule has 0 unspecified atom stereocenters. The van der Waals surface area contributed by atoms with Crippen molar-refractivity contribution in [3.63, 3.8) is 0 Å². The maximum absolute atomic E-state index is 13.9. The van der Waals surface area contributed by atoms with Crippen LogP contribution in [0.2, 0.25) is 0 Å². The summed E-state index contributed by atoms with van der Waals surface area (Å²) in [5, 5.41) is 2.36. The van der Waals surface area contributed by atoms with Gasteiger partial charge in [0, 0.05) is 25.6 Å². The SMILES string of the molecule is O=C(NCc1ccc(F)cc1C(F)(F)F)C1CCN(S(=O)(=O)c2cc(F)ccc2F)CC1. The van der Waals surface area contributed by atoms with Crippen LogP contribution in [0.25, 0.3) is 0 Å². The van der Waals surface area contributed by atoms with Crippen LogP contribution in [0.3, 0.4) is 0 Å². The van der Waals surface area contributed by atoms with E-state index >= 15 is 0 Å². The minimum Gasteiger partial charge on any atom is -0.352 e. The number of halogens is 6. The Hall–Kier alpha value is -2.60. The highest BCUT2D eigenvalue weighted by Crippen LogP contribution is 2.33. The monoisotopic (exact) mass is 480 g/mol. The number of alkyl halides is 3. The zero-order valence-electron chi connectivity index (χ0n) is 16.4. The molecule has 1 amide bonds. The van der Waals surface area contributed by atoms with E-state index in [1.807, 2.05) is 0 Å². The first-order valence-corrected chi connectivity index (χ1v) is 10.9. The molecule has 1 N–H and O–H groups in total. The lowest BCUT2D eigenvalue weighted by atomic mass is 9.97. The molecule has 0 radical (unpaired) electrons. The summed E-state index contributed by atoms with van der Waals surface area (Å²) in [4.78, 5) is 11.6. The number of amides is 1. The largest absolute Gasteiger partial charge is 0.416 e. The lowest BCUT2D eigenvalue weighted by molar-refractivity contribution is -0.138. The van der Waals surface area contributed by atoms with Gasteiger partial charge in [0.15, 0.2) is 0 Å². The molecule has 0 atom stereocenters. The third kappa shape index (κ3) is 5.23. The van der Waals surface area contributed by atoms with E-state index in [4.69, 9.17) is 0 Å². The number of nitrogens with one attached hydrogen (secondary N) is 1. The first-order chi connectivity index (χ1) is 14.9. The van der Waals surface area contributed by atoms with Crippen molar-refractivity contribution in [1.82, 2.24) is 9.62 Å². The first kappa shape index (κ1) is 24.1. The van der Waals surface area contributed by atoms with Crippen LogP contribution in [0.1, 0.15) is 24.0 Å². The van der Waals surface area contributed by atoms with E-state index in [-0.39, 0.29) is 31.5 Å². The van der Waals surface area contributed by atoms with Gasteiger partial charge in [-0.3, -0.25) is 4.79 Å². The molecule has 0 aromatic heterocycles. The summed E-state index contributed by atoms with van der Waals surface area (Å²) in [5.41, 5.74) is -1.51. The summed E-state index contributed by atoms with van der Waals surface area (Å²) >= 11 is 0. The second-order valence-corrected chi connectivity index (χ2v) is 9.18. The fourth-order valence-electron chi connectivity index (χ4n) is 3.47. The van der Waals surface area contributed by atoms with Crippen LogP contribution < -0.4 is 5.32 Å². The highest BCUT2D eigenvalue weighted by Gasteiger charge is 2.35. The van der Waals surface area contributed by atoms with Gasteiger partial charge in [0.1, 0.15) is 22.3 Å². The minimum atomic E-state index is -4.80. The third-order valence-electron chi connectivity index (χ3n) is 5.17. The molecule has 1 fully saturated rings. The topological polar surface area (TPSA) is 66.5 Å². The second-order valence-electron chi connectivity index (χ2n) is 7.27. The molecule has 5 nitrogen and oxygen atoms in total. The van der Waals surface area contributed by atoms with E-state index in [0.717, 1.165) is 22.5 Å².